The molecule has 1 N–H and O–H groups in total. The average molecular weight is 407 g/mol. The molecule has 0 unspecified atom stereocenters. The van der Waals surface area contributed by atoms with Gasteiger partial charge in [0.2, 0.25) is 0 Å². The third-order valence-electron chi connectivity index (χ3n) is 6.08. The van der Waals surface area contributed by atoms with Gasteiger partial charge in [0.25, 0.3) is 5.91 Å². The van der Waals surface area contributed by atoms with Gasteiger partial charge >= 0.3 is 5.69 Å². The summed E-state index contributed by atoms with van der Waals surface area (Å²) in [6, 6.07) is 11.7. The van der Waals surface area contributed by atoms with Gasteiger partial charge in [-0.3, -0.25) is 14.3 Å². The highest BCUT2D eigenvalue weighted by molar-refractivity contribution is 5.93. The Balaban J connectivity index is 1.29. The number of para-hydroxylation sites is 2. The number of aromatic nitrogens is 3. The van der Waals surface area contributed by atoms with Gasteiger partial charge in [-0.25, -0.2) is 4.79 Å². The van der Waals surface area contributed by atoms with Gasteiger partial charge in [-0.1, -0.05) is 12.1 Å². The molecule has 2 saturated heterocycles. The van der Waals surface area contributed by atoms with Crippen molar-refractivity contribution in [1.29, 1.82) is 0 Å². The topological polar surface area (TPSA) is 83.5 Å². The normalized spacial score (nSPS) is 18.1. The summed E-state index contributed by atoms with van der Waals surface area (Å²) in [4.78, 5) is 36.8. The molecule has 1 aromatic carbocycles. The fraction of sp³-hybridized carbons (Fsp3) is 0.409. The standard InChI is InChI=1S/C22H25N5O3/c28-21(19-15-17(5-8-23-19)25-11-13-30-14-12-25)26-9-6-16(7-10-26)27-20-4-2-1-3-18(20)24-22(27)29/h1-5,8,15-16H,6-7,9-14H2,(H,24,29). The Bertz CT molecular complexity index is 1110. The maximum atomic E-state index is 13.1. The number of fused-ring (bicyclic) bond motifs is 1. The number of ether oxygens (including phenoxy) is 1. The molecule has 0 radical (unpaired) electrons. The Morgan fingerprint density at radius 1 is 1.07 bits per heavy atom. The largest absolute Gasteiger partial charge is 0.378 e. The quantitative estimate of drug-likeness (QED) is 0.718. The van der Waals surface area contributed by atoms with E-state index in [2.05, 4.69) is 14.9 Å². The second-order valence-corrected chi connectivity index (χ2v) is 7.84. The molecule has 0 aliphatic carbocycles. The van der Waals surface area contributed by atoms with Gasteiger partial charge in [0.05, 0.1) is 24.2 Å². The number of H-pyrrole nitrogens is 1. The van der Waals surface area contributed by atoms with Gasteiger partial charge in [0.1, 0.15) is 5.69 Å². The van der Waals surface area contributed by atoms with Crippen LogP contribution in [-0.2, 0) is 4.74 Å². The maximum Gasteiger partial charge on any atom is 0.326 e. The number of anilines is 1. The van der Waals surface area contributed by atoms with Crippen LogP contribution in [0.5, 0.6) is 0 Å². The van der Waals surface area contributed by atoms with E-state index < -0.39 is 0 Å². The zero-order chi connectivity index (χ0) is 20.5. The predicted molar refractivity (Wildman–Crippen MR) is 114 cm³/mol. The van der Waals surface area contributed by atoms with Crippen LogP contribution in [0.15, 0.2) is 47.4 Å². The molecule has 3 aromatic rings. The zero-order valence-corrected chi connectivity index (χ0v) is 16.8. The number of rotatable bonds is 3. The number of hydrogen-bond donors (Lipinski definition) is 1. The summed E-state index contributed by atoms with van der Waals surface area (Å²) in [6.07, 6.45) is 3.20. The van der Waals surface area contributed by atoms with E-state index >= 15 is 0 Å². The summed E-state index contributed by atoms with van der Waals surface area (Å²) in [7, 11) is 0. The monoisotopic (exact) mass is 407 g/mol. The molecule has 0 saturated carbocycles. The van der Waals surface area contributed by atoms with Crippen molar-refractivity contribution in [2.45, 2.75) is 18.9 Å². The van der Waals surface area contributed by atoms with Crippen LogP contribution in [0.1, 0.15) is 29.4 Å². The molecule has 1 amide bonds. The smallest absolute Gasteiger partial charge is 0.326 e. The van der Waals surface area contributed by atoms with Crippen LogP contribution in [0, 0.1) is 0 Å². The Hall–Kier alpha value is -3.13. The number of nitrogens with one attached hydrogen (secondary N) is 1. The lowest BCUT2D eigenvalue weighted by Gasteiger charge is -2.33. The van der Waals surface area contributed by atoms with Crippen molar-refractivity contribution in [2.24, 2.45) is 0 Å². The Morgan fingerprint density at radius 2 is 1.83 bits per heavy atom. The van der Waals surface area contributed by atoms with Gasteiger partial charge in [-0.15, -0.1) is 0 Å². The van der Waals surface area contributed by atoms with Crippen LogP contribution < -0.4 is 10.6 Å². The first-order valence-electron chi connectivity index (χ1n) is 10.5. The Kier molecular flexibility index (Phi) is 5.00. The first-order valence-corrected chi connectivity index (χ1v) is 10.5. The number of hydrogen-bond acceptors (Lipinski definition) is 5. The molecule has 0 atom stereocenters. The van der Waals surface area contributed by atoms with E-state index in [1.165, 1.54) is 0 Å². The minimum absolute atomic E-state index is 0.0465. The molecule has 156 valence electrons. The minimum Gasteiger partial charge on any atom is -0.378 e. The van der Waals surface area contributed by atoms with E-state index in [-0.39, 0.29) is 17.6 Å². The van der Waals surface area contributed by atoms with Crippen LogP contribution in [0.4, 0.5) is 5.69 Å². The van der Waals surface area contributed by atoms with E-state index in [9.17, 15) is 9.59 Å². The number of aromatic amines is 1. The fourth-order valence-electron chi connectivity index (χ4n) is 4.48. The van der Waals surface area contributed by atoms with Gasteiger partial charge in [0, 0.05) is 44.1 Å². The molecule has 30 heavy (non-hydrogen) atoms. The molecule has 8 nitrogen and oxygen atoms in total. The highest BCUT2D eigenvalue weighted by atomic mass is 16.5. The number of benzene rings is 1. The van der Waals surface area contributed by atoms with Crippen molar-refractivity contribution in [3.63, 3.8) is 0 Å². The third kappa shape index (κ3) is 3.47. The number of piperidine rings is 1. The van der Waals surface area contributed by atoms with Crippen molar-refractivity contribution >= 4 is 22.6 Å². The van der Waals surface area contributed by atoms with Crippen molar-refractivity contribution in [1.82, 2.24) is 19.4 Å². The highest BCUT2D eigenvalue weighted by Crippen LogP contribution is 2.26. The number of pyridine rings is 1. The number of carbonyl (C=O) groups is 1. The van der Waals surface area contributed by atoms with Crippen molar-refractivity contribution in [3.05, 3.63) is 58.8 Å². The van der Waals surface area contributed by atoms with Crippen LogP contribution in [0.3, 0.4) is 0 Å². The lowest BCUT2D eigenvalue weighted by atomic mass is 10.0. The summed E-state index contributed by atoms with van der Waals surface area (Å²) in [6.45, 7) is 4.27. The maximum absolute atomic E-state index is 13.1. The van der Waals surface area contributed by atoms with Crippen LogP contribution in [0.2, 0.25) is 0 Å². The molecule has 4 heterocycles. The molecule has 2 aliphatic rings. The van der Waals surface area contributed by atoms with Gasteiger partial charge in [-0.2, -0.15) is 0 Å². The van der Waals surface area contributed by atoms with E-state index in [1.54, 1.807) is 6.20 Å². The summed E-state index contributed by atoms with van der Waals surface area (Å²) in [5, 5.41) is 0. The number of carbonyl (C=O) groups excluding carboxylic acids is 1. The predicted octanol–water partition coefficient (Wildman–Crippen LogP) is 2.04. The molecule has 2 fully saturated rings. The Labute approximate surface area is 174 Å². The fourth-order valence-corrected chi connectivity index (χ4v) is 4.48. The van der Waals surface area contributed by atoms with E-state index in [1.807, 2.05) is 45.9 Å². The molecule has 0 spiro atoms. The average Bonchev–Trinajstić information content (AvgIpc) is 3.15. The van der Waals surface area contributed by atoms with Crippen molar-refractivity contribution in [3.8, 4) is 0 Å². The summed E-state index contributed by atoms with van der Waals surface area (Å²) < 4.78 is 7.25. The Morgan fingerprint density at radius 3 is 2.63 bits per heavy atom. The zero-order valence-electron chi connectivity index (χ0n) is 16.8. The third-order valence-corrected chi connectivity index (χ3v) is 6.08. The van der Waals surface area contributed by atoms with Crippen LogP contribution >= 0.6 is 0 Å². The number of morpholine rings is 1. The van der Waals surface area contributed by atoms with Gasteiger partial charge in [0.15, 0.2) is 0 Å². The lowest BCUT2D eigenvalue weighted by molar-refractivity contribution is 0.0689. The molecule has 8 heteroatoms. The lowest BCUT2D eigenvalue weighted by Crippen LogP contribution is -2.41. The molecule has 5 rings (SSSR count). The molecule has 0 bridgehead atoms. The highest BCUT2D eigenvalue weighted by Gasteiger charge is 2.27. The van der Waals surface area contributed by atoms with E-state index in [4.69, 9.17) is 4.74 Å². The van der Waals surface area contributed by atoms with Crippen LogP contribution in [-0.4, -0.2) is 64.7 Å². The molecule has 2 aromatic heterocycles. The van der Waals surface area contributed by atoms with Crippen LogP contribution in [0.25, 0.3) is 11.0 Å². The van der Waals surface area contributed by atoms with Crippen molar-refractivity contribution < 1.29 is 9.53 Å². The molecule has 2 aliphatic heterocycles. The SMILES string of the molecule is O=C(c1cc(N2CCOCC2)ccn1)N1CCC(n2c(=O)[nH]c3ccccc32)CC1. The van der Waals surface area contributed by atoms with Gasteiger partial charge < -0.3 is 19.5 Å². The van der Waals surface area contributed by atoms with Gasteiger partial charge in [-0.05, 0) is 37.1 Å². The number of amides is 1. The summed E-state index contributed by atoms with van der Waals surface area (Å²) in [5.41, 5.74) is 3.18. The number of likely N-dealkylation sites (tertiary alicyclic amines) is 1. The number of imidazole rings is 1. The first-order chi connectivity index (χ1) is 14.7. The second kappa shape index (κ2) is 7.95. The molecular weight excluding hydrogens is 382 g/mol. The van der Waals surface area contributed by atoms with E-state index in [0.717, 1.165) is 42.7 Å². The minimum atomic E-state index is -0.0825. The first kappa shape index (κ1) is 18.9. The number of nitrogens with zero attached hydrogens (tertiary/aromatic N) is 4. The summed E-state index contributed by atoms with van der Waals surface area (Å²) in [5.74, 6) is -0.0465. The van der Waals surface area contributed by atoms with E-state index in [0.29, 0.717) is 32.0 Å². The summed E-state index contributed by atoms with van der Waals surface area (Å²) >= 11 is 0. The molecular formula is C22H25N5O3. The second-order valence-electron chi connectivity index (χ2n) is 7.84. The van der Waals surface area contributed by atoms with Crippen molar-refractivity contribution in [2.75, 3.05) is 44.3 Å².